The number of thiophene rings is 2. The van der Waals surface area contributed by atoms with Gasteiger partial charge in [-0.25, -0.2) is 0 Å². The first kappa shape index (κ1) is 14.8. The van der Waals surface area contributed by atoms with E-state index in [2.05, 4.69) is 40.1 Å². The molecule has 0 bridgehead atoms. The highest BCUT2D eigenvalue weighted by molar-refractivity contribution is 7.10. The van der Waals surface area contributed by atoms with Crippen molar-refractivity contribution in [3.05, 3.63) is 44.3 Å². The molecule has 1 fully saturated rings. The van der Waals surface area contributed by atoms with Crippen LogP contribution in [-0.2, 0) is 4.79 Å². The molecule has 1 N–H and O–H groups in total. The molecule has 2 unspecified atom stereocenters. The van der Waals surface area contributed by atoms with Crippen LogP contribution in [0.1, 0.15) is 41.3 Å². The Kier molecular flexibility index (Phi) is 4.42. The molecule has 3 rings (SSSR count). The van der Waals surface area contributed by atoms with E-state index in [0.717, 1.165) is 25.8 Å². The van der Waals surface area contributed by atoms with Crippen LogP contribution in [0.15, 0.2) is 28.3 Å². The number of hydrogen-bond donors (Lipinski definition) is 1. The molecule has 2 aromatic rings. The molecule has 2 aromatic heterocycles. The van der Waals surface area contributed by atoms with E-state index in [1.54, 1.807) is 22.7 Å². The maximum Gasteiger partial charge on any atom is 0.320 e. The number of carbonyl (C=O) groups is 1. The van der Waals surface area contributed by atoms with Gasteiger partial charge in [-0.05, 0) is 65.7 Å². The Labute approximate surface area is 132 Å². The van der Waals surface area contributed by atoms with E-state index in [1.807, 2.05) is 0 Å². The van der Waals surface area contributed by atoms with Crippen LogP contribution in [0.5, 0.6) is 0 Å². The number of aryl methyl sites for hydroxylation is 1. The molecular weight excluding hydrogens is 302 g/mol. The molecule has 0 aromatic carbocycles. The van der Waals surface area contributed by atoms with Gasteiger partial charge in [0.05, 0.1) is 6.04 Å². The van der Waals surface area contributed by atoms with Gasteiger partial charge in [0.2, 0.25) is 0 Å². The maximum atomic E-state index is 11.6. The molecular formula is C16H19NO2S2. The van der Waals surface area contributed by atoms with Gasteiger partial charge in [0.1, 0.15) is 6.04 Å². The number of carboxylic acids is 1. The first-order chi connectivity index (χ1) is 10.2. The molecule has 3 nitrogen and oxygen atoms in total. The molecule has 0 radical (unpaired) electrons. The Balaban J connectivity index is 2.00. The van der Waals surface area contributed by atoms with Crippen molar-refractivity contribution in [3.8, 4) is 0 Å². The summed E-state index contributed by atoms with van der Waals surface area (Å²) in [6.45, 7) is 2.95. The monoisotopic (exact) mass is 321 g/mol. The minimum Gasteiger partial charge on any atom is -0.480 e. The summed E-state index contributed by atoms with van der Waals surface area (Å²) in [5, 5.41) is 15.9. The molecule has 0 amide bonds. The normalized spacial score (nSPS) is 21.3. The second kappa shape index (κ2) is 6.30. The summed E-state index contributed by atoms with van der Waals surface area (Å²) in [6.07, 6.45) is 2.84. The molecule has 5 heteroatoms. The van der Waals surface area contributed by atoms with E-state index in [0.29, 0.717) is 0 Å². The fourth-order valence-electron chi connectivity index (χ4n) is 3.07. The van der Waals surface area contributed by atoms with Gasteiger partial charge < -0.3 is 5.11 Å². The van der Waals surface area contributed by atoms with Gasteiger partial charge >= 0.3 is 5.97 Å². The average Bonchev–Trinajstić information content (AvgIpc) is 3.12. The lowest BCUT2D eigenvalue weighted by atomic mass is 9.96. The van der Waals surface area contributed by atoms with Crippen molar-refractivity contribution in [1.82, 2.24) is 4.90 Å². The number of rotatable bonds is 4. The molecule has 0 aliphatic carbocycles. The minimum atomic E-state index is -0.691. The molecule has 1 aliphatic rings. The Morgan fingerprint density at radius 2 is 2.29 bits per heavy atom. The summed E-state index contributed by atoms with van der Waals surface area (Å²) in [4.78, 5) is 15.1. The van der Waals surface area contributed by atoms with Crippen molar-refractivity contribution in [2.75, 3.05) is 6.54 Å². The predicted molar refractivity (Wildman–Crippen MR) is 87.2 cm³/mol. The summed E-state index contributed by atoms with van der Waals surface area (Å²) >= 11 is 3.41. The highest BCUT2D eigenvalue weighted by Gasteiger charge is 2.35. The van der Waals surface area contributed by atoms with Gasteiger partial charge in [0.25, 0.3) is 0 Å². The lowest BCUT2D eigenvalue weighted by molar-refractivity contribution is -0.145. The van der Waals surface area contributed by atoms with E-state index in [9.17, 15) is 9.90 Å². The standard InChI is InChI=1S/C16H19NO2S2/c1-11-8-14(21-9-11)15(12-5-7-20-10-12)17-6-3-2-4-13(17)16(18)19/h5,7-10,13,15H,2-4,6H2,1H3,(H,18,19). The zero-order valence-corrected chi connectivity index (χ0v) is 13.6. The van der Waals surface area contributed by atoms with Crippen molar-refractivity contribution >= 4 is 28.6 Å². The van der Waals surface area contributed by atoms with E-state index >= 15 is 0 Å². The zero-order chi connectivity index (χ0) is 14.8. The highest BCUT2D eigenvalue weighted by atomic mass is 32.1. The second-order valence-corrected chi connectivity index (χ2v) is 7.30. The van der Waals surface area contributed by atoms with E-state index in [4.69, 9.17) is 0 Å². The zero-order valence-electron chi connectivity index (χ0n) is 12.0. The third-order valence-corrected chi connectivity index (χ3v) is 5.84. The number of aliphatic carboxylic acids is 1. The first-order valence-corrected chi connectivity index (χ1v) is 9.05. The fraction of sp³-hybridized carbons (Fsp3) is 0.438. The summed E-state index contributed by atoms with van der Waals surface area (Å²) in [5.74, 6) is -0.691. The van der Waals surface area contributed by atoms with Crippen molar-refractivity contribution < 1.29 is 9.90 Å². The summed E-state index contributed by atoms with van der Waals surface area (Å²) in [5.41, 5.74) is 2.47. The third kappa shape index (κ3) is 3.05. The Morgan fingerprint density at radius 1 is 1.43 bits per heavy atom. The van der Waals surface area contributed by atoms with Gasteiger partial charge in [-0.1, -0.05) is 6.42 Å². The summed E-state index contributed by atoms with van der Waals surface area (Å²) in [6, 6.07) is 4.03. The van der Waals surface area contributed by atoms with Crippen LogP contribution in [0.25, 0.3) is 0 Å². The van der Waals surface area contributed by atoms with Crippen molar-refractivity contribution in [1.29, 1.82) is 0 Å². The average molecular weight is 321 g/mol. The molecule has 2 atom stereocenters. The number of nitrogens with zero attached hydrogens (tertiary/aromatic N) is 1. The van der Waals surface area contributed by atoms with Crippen LogP contribution in [0.4, 0.5) is 0 Å². The summed E-state index contributed by atoms with van der Waals surface area (Å²) in [7, 11) is 0. The van der Waals surface area contributed by atoms with Crippen molar-refractivity contribution in [2.45, 2.75) is 38.3 Å². The minimum absolute atomic E-state index is 0.0800. The van der Waals surface area contributed by atoms with Crippen molar-refractivity contribution in [2.24, 2.45) is 0 Å². The number of piperidine rings is 1. The molecule has 3 heterocycles. The Bertz CT molecular complexity index is 606. The van der Waals surface area contributed by atoms with Crippen LogP contribution in [0, 0.1) is 6.92 Å². The van der Waals surface area contributed by atoms with Crippen LogP contribution in [0.2, 0.25) is 0 Å². The van der Waals surface area contributed by atoms with Gasteiger partial charge in [-0.3, -0.25) is 9.69 Å². The van der Waals surface area contributed by atoms with Gasteiger partial charge in [0.15, 0.2) is 0 Å². The maximum absolute atomic E-state index is 11.6. The second-order valence-electron chi connectivity index (χ2n) is 5.57. The van der Waals surface area contributed by atoms with Crippen LogP contribution in [-0.4, -0.2) is 28.6 Å². The Hall–Kier alpha value is -1.17. The molecule has 1 aliphatic heterocycles. The Morgan fingerprint density at radius 3 is 2.90 bits per heavy atom. The van der Waals surface area contributed by atoms with Crippen LogP contribution >= 0.6 is 22.7 Å². The van der Waals surface area contributed by atoms with Gasteiger partial charge in [0, 0.05) is 4.88 Å². The van der Waals surface area contributed by atoms with E-state index in [-0.39, 0.29) is 12.1 Å². The van der Waals surface area contributed by atoms with Crippen molar-refractivity contribution in [3.63, 3.8) is 0 Å². The number of carboxylic acid groups (broad SMARTS) is 1. The number of hydrogen-bond acceptors (Lipinski definition) is 4. The van der Waals surface area contributed by atoms with Crippen LogP contribution in [0.3, 0.4) is 0 Å². The molecule has 112 valence electrons. The SMILES string of the molecule is Cc1csc(C(c2ccsc2)N2CCCCC2C(=O)O)c1. The lowest BCUT2D eigenvalue weighted by Crippen LogP contribution is -2.46. The quantitative estimate of drug-likeness (QED) is 0.920. The molecule has 0 spiro atoms. The lowest BCUT2D eigenvalue weighted by Gasteiger charge is -2.38. The predicted octanol–water partition coefficient (Wildman–Crippen LogP) is 4.15. The topological polar surface area (TPSA) is 40.5 Å². The van der Waals surface area contributed by atoms with E-state index < -0.39 is 5.97 Å². The largest absolute Gasteiger partial charge is 0.480 e. The third-order valence-electron chi connectivity index (χ3n) is 4.04. The number of likely N-dealkylation sites (tertiary alicyclic amines) is 1. The van der Waals surface area contributed by atoms with E-state index in [1.165, 1.54) is 16.0 Å². The smallest absolute Gasteiger partial charge is 0.320 e. The molecule has 0 saturated carbocycles. The molecule has 1 saturated heterocycles. The van der Waals surface area contributed by atoms with Gasteiger partial charge in [-0.15, -0.1) is 11.3 Å². The summed E-state index contributed by atoms with van der Waals surface area (Å²) < 4.78 is 0. The fourth-order valence-corrected chi connectivity index (χ4v) is 4.80. The first-order valence-electron chi connectivity index (χ1n) is 7.22. The highest BCUT2D eigenvalue weighted by Crippen LogP contribution is 2.37. The molecule has 21 heavy (non-hydrogen) atoms. The van der Waals surface area contributed by atoms with Crippen LogP contribution < -0.4 is 0 Å². The van der Waals surface area contributed by atoms with Gasteiger partial charge in [-0.2, -0.15) is 11.3 Å².